The molecule has 0 radical (unpaired) electrons. The lowest BCUT2D eigenvalue weighted by Gasteiger charge is -2.23. The van der Waals surface area contributed by atoms with Gasteiger partial charge < -0.3 is 10.6 Å². The Hall–Kier alpha value is -3.65. The molecule has 0 aliphatic heterocycles. The molecule has 31 heavy (non-hydrogen) atoms. The molecule has 3 rings (SSSR count). The van der Waals surface area contributed by atoms with Gasteiger partial charge in [0.2, 0.25) is 5.91 Å². The first-order chi connectivity index (χ1) is 14.8. The molecule has 0 fully saturated rings. The first-order valence-electron chi connectivity index (χ1n) is 9.60. The second kappa shape index (κ2) is 9.44. The Labute approximate surface area is 181 Å². The van der Waals surface area contributed by atoms with E-state index in [-0.39, 0.29) is 23.8 Å². The smallest absolute Gasteiger partial charge is 0.264 e. The number of benzene rings is 3. The van der Waals surface area contributed by atoms with Gasteiger partial charge in [-0.25, -0.2) is 8.42 Å². The molecule has 160 valence electrons. The molecular weight excluding hydrogens is 414 g/mol. The lowest BCUT2D eigenvalue weighted by atomic mass is 10.1. The number of hydrogen-bond donors (Lipinski definition) is 1. The molecule has 2 N–H and O–H groups in total. The highest BCUT2D eigenvalue weighted by Gasteiger charge is 2.23. The molecule has 0 saturated heterocycles. The van der Waals surface area contributed by atoms with Crippen molar-refractivity contribution in [3.8, 4) is 0 Å². The topological polar surface area (TPSA) is 101 Å². The van der Waals surface area contributed by atoms with Crippen LogP contribution in [-0.4, -0.2) is 33.8 Å². The number of primary amides is 1. The van der Waals surface area contributed by atoms with Crippen molar-refractivity contribution in [2.24, 2.45) is 5.73 Å². The van der Waals surface area contributed by atoms with Crippen molar-refractivity contribution in [3.63, 3.8) is 0 Å². The molecule has 7 nitrogen and oxygen atoms in total. The average Bonchev–Trinajstić information content (AvgIpc) is 2.79. The van der Waals surface area contributed by atoms with Gasteiger partial charge in [0.1, 0.15) is 0 Å². The van der Waals surface area contributed by atoms with Crippen LogP contribution < -0.4 is 14.9 Å². The first kappa shape index (κ1) is 22.0. The number of carbonyl (C=O) groups excluding carboxylic acids is 2. The summed E-state index contributed by atoms with van der Waals surface area (Å²) in [6, 6.07) is 23.4. The zero-order valence-electron chi connectivity index (χ0n) is 17.0. The van der Waals surface area contributed by atoms with Crippen LogP contribution >= 0.6 is 0 Å². The summed E-state index contributed by atoms with van der Waals surface area (Å²) in [5.74, 6) is -0.869. The van der Waals surface area contributed by atoms with E-state index >= 15 is 0 Å². The Balaban J connectivity index is 1.86. The van der Waals surface area contributed by atoms with Gasteiger partial charge in [0, 0.05) is 31.3 Å². The van der Waals surface area contributed by atoms with Crippen molar-refractivity contribution in [2.75, 3.05) is 22.8 Å². The third-order valence-corrected chi connectivity index (χ3v) is 6.57. The number of anilines is 2. The maximum atomic E-state index is 13.1. The van der Waals surface area contributed by atoms with Gasteiger partial charge in [-0.05, 0) is 48.5 Å². The summed E-state index contributed by atoms with van der Waals surface area (Å²) in [5, 5.41) is 0. The maximum Gasteiger partial charge on any atom is 0.264 e. The molecule has 3 aromatic rings. The quantitative estimate of drug-likeness (QED) is 0.585. The molecule has 0 heterocycles. The van der Waals surface area contributed by atoms with Crippen molar-refractivity contribution in [1.82, 2.24) is 0 Å². The molecule has 0 atom stereocenters. The first-order valence-corrected chi connectivity index (χ1v) is 11.0. The Bertz CT molecular complexity index is 1150. The SMILES string of the molecule is CN(c1ccccc1)S(=O)(=O)c1ccc(C(=O)N(CCC(N)=O)c2ccccc2)cc1. The van der Waals surface area contributed by atoms with E-state index < -0.39 is 15.9 Å². The van der Waals surface area contributed by atoms with Crippen LogP contribution in [-0.2, 0) is 14.8 Å². The Morgan fingerprint density at radius 3 is 1.84 bits per heavy atom. The zero-order chi connectivity index (χ0) is 22.4. The number of para-hydroxylation sites is 2. The number of carbonyl (C=O) groups is 2. The Morgan fingerprint density at radius 1 is 0.806 bits per heavy atom. The van der Waals surface area contributed by atoms with Crippen molar-refractivity contribution in [2.45, 2.75) is 11.3 Å². The van der Waals surface area contributed by atoms with Gasteiger partial charge in [-0.3, -0.25) is 13.9 Å². The fourth-order valence-electron chi connectivity index (χ4n) is 3.04. The van der Waals surface area contributed by atoms with Crippen molar-refractivity contribution < 1.29 is 18.0 Å². The summed E-state index contributed by atoms with van der Waals surface area (Å²) in [6.07, 6.45) is 0.00890. The average molecular weight is 438 g/mol. The second-order valence-corrected chi connectivity index (χ2v) is 8.81. The maximum absolute atomic E-state index is 13.1. The number of nitrogens with two attached hydrogens (primary N) is 1. The zero-order valence-corrected chi connectivity index (χ0v) is 17.8. The van der Waals surface area contributed by atoms with Crippen LogP contribution in [0.15, 0.2) is 89.8 Å². The van der Waals surface area contributed by atoms with E-state index in [4.69, 9.17) is 5.73 Å². The summed E-state index contributed by atoms with van der Waals surface area (Å²) in [4.78, 5) is 25.8. The van der Waals surface area contributed by atoms with Crippen LogP contribution in [0.5, 0.6) is 0 Å². The largest absolute Gasteiger partial charge is 0.370 e. The van der Waals surface area contributed by atoms with Crippen LogP contribution in [0, 0.1) is 0 Å². The van der Waals surface area contributed by atoms with Crippen molar-refractivity contribution in [3.05, 3.63) is 90.5 Å². The fraction of sp³-hybridized carbons (Fsp3) is 0.130. The minimum Gasteiger partial charge on any atom is -0.370 e. The molecule has 0 aromatic heterocycles. The van der Waals surface area contributed by atoms with E-state index in [1.165, 1.54) is 40.5 Å². The predicted octanol–water partition coefficient (Wildman–Crippen LogP) is 3.03. The predicted molar refractivity (Wildman–Crippen MR) is 120 cm³/mol. The number of hydrogen-bond acceptors (Lipinski definition) is 4. The molecule has 0 saturated carbocycles. The molecule has 0 aliphatic carbocycles. The van der Waals surface area contributed by atoms with Crippen LogP contribution in [0.2, 0.25) is 0 Å². The molecule has 3 aromatic carbocycles. The molecule has 0 bridgehead atoms. The molecular formula is C23H23N3O4S. The van der Waals surface area contributed by atoms with E-state index in [0.29, 0.717) is 16.9 Å². The van der Waals surface area contributed by atoms with E-state index in [9.17, 15) is 18.0 Å². The number of amides is 2. The van der Waals surface area contributed by atoms with E-state index in [1.807, 2.05) is 6.07 Å². The van der Waals surface area contributed by atoms with E-state index in [2.05, 4.69) is 0 Å². The van der Waals surface area contributed by atoms with Gasteiger partial charge in [0.15, 0.2) is 0 Å². The fourth-order valence-corrected chi connectivity index (χ4v) is 4.23. The Morgan fingerprint density at radius 2 is 1.32 bits per heavy atom. The normalized spacial score (nSPS) is 11.0. The highest BCUT2D eigenvalue weighted by atomic mass is 32.2. The van der Waals surface area contributed by atoms with Crippen LogP contribution in [0.25, 0.3) is 0 Å². The van der Waals surface area contributed by atoms with Crippen molar-refractivity contribution >= 4 is 33.2 Å². The van der Waals surface area contributed by atoms with Gasteiger partial charge in [0.25, 0.3) is 15.9 Å². The molecule has 0 unspecified atom stereocenters. The third-order valence-electron chi connectivity index (χ3n) is 4.77. The van der Waals surface area contributed by atoms with E-state index in [0.717, 1.165) is 0 Å². The van der Waals surface area contributed by atoms with Crippen LogP contribution in [0.3, 0.4) is 0 Å². The minimum atomic E-state index is -3.78. The summed E-state index contributed by atoms with van der Waals surface area (Å²) in [6.45, 7) is 0.120. The highest BCUT2D eigenvalue weighted by molar-refractivity contribution is 7.92. The standard InChI is InChI=1S/C23H23N3O4S/c1-25(19-8-4-2-5-9-19)31(29,30)21-14-12-18(13-15-21)23(28)26(17-16-22(24)27)20-10-6-3-7-11-20/h2-15H,16-17H2,1H3,(H2,24,27). The number of sulfonamides is 1. The van der Waals surface area contributed by atoms with Crippen LogP contribution in [0.1, 0.15) is 16.8 Å². The van der Waals surface area contributed by atoms with E-state index in [1.54, 1.807) is 54.6 Å². The monoisotopic (exact) mass is 437 g/mol. The summed E-state index contributed by atoms with van der Waals surface area (Å²) < 4.78 is 27.0. The van der Waals surface area contributed by atoms with Crippen molar-refractivity contribution in [1.29, 1.82) is 0 Å². The molecule has 0 aliphatic rings. The van der Waals surface area contributed by atoms with Gasteiger partial charge >= 0.3 is 0 Å². The third kappa shape index (κ3) is 5.10. The number of rotatable bonds is 8. The molecule has 8 heteroatoms. The second-order valence-electron chi connectivity index (χ2n) is 6.84. The minimum absolute atomic E-state index is 0.00890. The number of nitrogens with zero attached hydrogens (tertiary/aromatic N) is 2. The lowest BCUT2D eigenvalue weighted by Crippen LogP contribution is -2.34. The lowest BCUT2D eigenvalue weighted by molar-refractivity contribution is -0.117. The molecule has 2 amide bonds. The van der Waals surface area contributed by atoms with Crippen LogP contribution in [0.4, 0.5) is 11.4 Å². The van der Waals surface area contributed by atoms with Gasteiger partial charge in [0.05, 0.1) is 10.6 Å². The molecule has 0 spiro atoms. The van der Waals surface area contributed by atoms with Gasteiger partial charge in [-0.1, -0.05) is 36.4 Å². The summed E-state index contributed by atoms with van der Waals surface area (Å²) >= 11 is 0. The summed E-state index contributed by atoms with van der Waals surface area (Å²) in [7, 11) is -2.30. The summed E-state index contributed by atoms with van der Waals surface area (Å²) in [5.41, 5.74) is 6.71. The van der Waals surface area contributed by atoms with Gasteiger partial charge in [-0.15, -0.1) is 0 Å². The highest BCUT2D eigenvalue weighted by Crippen LogP contribution is 2.23. The Kier molecular flexibility index (Phi) is 6.71. The van der Waals surface area contributed by atoms with Gasteiger partial charge in [-0.2, -0.15) is 0 Å².